The van der Waals surface area contributed by atoms with E-state index in [0.29, 0.717) is 25.5 Å². The molecule has 11 heteroatoms. The van der Waals surface area contributed by atoms with E-state index in [1.807, 2.05) is 20.2 Å². The summed E-state index contributed by atoms with van der Waals surface area (Å²) in [6, 6.07) is 5.62. The third-order valence-electron chi connectivity index (χ3n) is 5.94. The average molecular weight is 447 g/mol. The van der Waals surface area contributed by atoms with Crippen LogP contribution in [0.5, 0.6) is 0 Å². The summed E-state index contributed by atoms with van der Waals surface area (Å²) in [4.78, 5) is 17.6. The highest BCUT2D eigenvalue weighted by atomic mass is 32.2. The van der Waals surface area contributed by atoms with Gasteiger partial charge < -0.3 is 20.4 Å². The smallest absolute Gasteiger partial charge is 0.244 e. The van der Waals surface area contributed by atoms with E-state index < -0.39 is 10.0 Å². The Hall–Kier alpha value is -2.50. The van der Waals surface area contributed by atoms with Crippen LogP contribution in [0.3, 0.4) is 0 Å². The maximum atomic E-state index is 12.8. The van der Waals surface area contributed by atoms with E-state index in [-0.39, 0.29) is 10.9 Å². The number of pyridine rings is 1. The lowest BCUT2D eigenvalue weighted by Crippen LogP contribution is -2.47. The Balaban J connectivity index is 1.38. The number of hydrogen-bond acceptors (Lipinski definition) is 9. The van der Waals surface area contributed by atoms with Gasteiger partial charge in [0.25, 0.3) is 0 Å². The van der Waals surface area contributed by atoms with Crippen LogP contribution in [-0.4, -0.2) is 92.0 Å². The molecule has 2 aromatic heterocycles. The molecule has 0 saturated carbocycles. The highest BCUT2D eigenvalue weighted by Crippen LogP contribution is 2.25. The Labute approximate surface area is 183 Å². The summed E-state index contributed by atoms with van der Waals surface area (Å²) in [5.41, 5.74) is 0. The molecule has 0 amide bonds. The molecule has 1 unspecified atom stereocenters. The Morgan fingerprint density at radius 3 is 2.58 bits per heavy atom. The first-order valence-electron chi connectivity index (χ1n) is 10.6. The highest BCUT2D eigenvalue weighted by Gasteiger charge is 2.28. The summed E-state index contributed by atoms with van der Waals surface area (Å²) in [7, 11) is 0.347. The predicted octanol–water partition coefficient (Wildman–Crippen LogP) is 0.930. The lowest BCUT2D eigenvalue weighted by Gasteiger charge is -2.31. The summed E-state index contributed by atoms with van der Waals surface area (Å²) in [6.45, 7) is 4.15. The second-order valence-electron chi connectivity index (χ2n) is 7.97. The molecular formula is C20H30N8O2S. The zero-order valence-corrected chi connectivity index (χ0v) is 18.8. The molecule has 4 heterocycles. The normalized spacial score (nSPS) is 20.7. The molecule has 0 aromatic carbocycles. The predicted molar refractivity (Wildman–Crippen MR) is 121 cm³/mol. The molecule has 1 atom stereocenters. The molecule has 2 N–H and O–H groups in total. The molecule has 2 saturated heterocycles. The number of piperazine rings is 1. The number of hydrogen-bond donors (Lipinski definition) is 2. The summed E-state index contributed by atoms with van der Waals surface area (Å²) in [5, 5.41) is 6.40. The van der Waals surface area contributed by atoms with Gasteiger partial charge in [-0.15, -0.1) is 0 Å². The summed E-state index contributed by atoms with van der Waals surface area (Å²) in [6.07, 6.45) is 5.18. The second-order valence-corrected chi connectivity index (χ2v) is 9.91. The molecule has 0 aliphatic carbocycles. The lowest BCUT2D eigenvalue weighted by molar-refractivity contribution is 0.222. The van der Waals surface area contributed by atoms with Crippen molar-refractivity contribution in [2.45, 2.75) is 23.8 Å². The fraction of sp³-hybridized carbons (Fsp3) is 0.550. The quantitative estimate of drug-likeness (QED) is 0.642. The number of nitrogens with one attached hydrogen (secondary N) is 2. The van der Waals surface area contributed by atoms with Crippen molar-refractivity contribution < 1.29 is 8.42 Å². The Bertz CT molecular complexity index is 977. The van der Waals surface area contributed by atoms with Crippen molar-refractivity contribution in [2.24, 2.45) is 0 Å². The molecule has 31 heavy (non-hydrogen) atoms. The third-order valence-corrected chi connectivity index (χ3v) is 7.82. The molecule has 2 fully saturated rings. The van der Waals surface area contributed by atoms with E-state index >= 15 is 0 Å². The minimum Gasteiger partial charge on any atom is -0.373 e. The van der Waals surface area contributed by atoms with Gasteiger partial charge in [0.15, 0.2) is 0 Å². The Morgan fingerprint density at radius 2 is 1.87 bits per heavy atom. The fourth-order valence-corrected chi connectivity index (χ4v) is 5.40. The first-order chi connectivity index (χ1) is 15.0. The molecule has 0 spiro atoms. The van der Waals surface area contributed by atoms with Crippen LogP contribution in [0.4, 0.5) is 17.5 Å². The molecule has 168 valence electrons. The first kappa shape index (κ1) is 21.7. The van der Waals surface area contributed by atoms with Crippen LogP contribution in [0.1, 0.15) is 12.8 Å². The van der Waals surface area contributed by atoms with Gasteiger partial charge in [0.05, 0.1) is 0 Å². The van der Waals surface area contributed by atoms with Gasteiger partial charge in [0, 0.05) is 64.6 Å². The van der Waals surface area contributed by atoms with E-state index in [4.69, 9.17) is 0 Å². The van der Waals surface area contributed by atoms with Gasteiger partial charge in [-0.25, -0.2) is 23.4 Å². The SMILES string of the molecule is CNc1cc(N2CCCC2CNc2ccc(S(=O)(=O)N3CCN(C)CC3)cn2)ncn1. The minimum absolute atomic E-state index is 0.241. The monoisotopic (exact) mass is 446 g/mol. The maximum absolute atomic E-state index is 12.8. The first-order valence-corrected chi connectivity index (χ1v) is 12.1. The summed E-state index contributed by atoms with van der Waals surface area (Å²) < 4.78 is 27.2. The van der Waals surface area contributed by atoms with E-state index in [9.17, 15) is 8.42 Å². The van der Waals surface area contributed by atoms with Gasteiger partial charge in [-0.3, -0.25) is 0 Å². The van der Waals surface area contributed by atoms with Gasteiger partial charge in [0.2, 0.25) is 10.0 Å². The molecular weight excluding hydrogens is 416 g/mol. The van der Waals surface area contributed by atoms with Crippen molar-refractivity contribution in [3.63, 3.8) is 0 Å². The van der Waals surface area contributed by atoms with Crippen LogP contribution in [0.15, 0.2) is 35.6 Å². The Kier molecular flexibility index (Phi) is 6.54. The van der Waals surface area contributed by atoms with Crippen molar-refractivity contribution in [1.29, 1.82) is 0 Å². The number of sulfonamides is 1. The lowest BCUT2D eigenvalue weighted by atomic mass is 10.2. The number of rotatable bonds is 7. The van der Waals surface area contributed by atoms with Crippen LogP contribution in [-0.2, 0) is 10.0 Å². The second kappa shape index (κ2) is 9.33. The molecule has 2 aliphatic heterocycles. The van der Waals surface area contributed by atoms with Crippen LogP contribution >= 0.6 is 0 Å². The molecule has 0 bridgehead atoms. The fourth-order valence-electron chi connectivity index (χ4n) is 4.03. The Morgan fingerprint density at radius 1 is 1.06 bits per heavy atom. The number of likely N-dealkylation sites (N-methyl/N-ethyl adjacent to an activating group) is 1. The van der Waals surface area contributed by atoms with Gasteiger partial charge in [-0.2, -0.15) is 4.31 Å². The van der Waals surface area contributed by atoms with Gasteiger partial charge in [-0.1, -0.05) is 0 Å². The molecule has 10 nitrogen and oxygen atoms in total. The van der Waals surface area contributed by atoms with Crippen molar-refractivity contribution >= 4 is 27.5 Å². The van der Waals surface area contributed by atoms with Crippen molar-refractivity contribution in [1.82, 2.24) is 24.2 Å². The highest BCUT2D eigenvalue weighted by molar-refractivity contribution is 7.89. The molecule has 2 aromatic rings. The minimum atomic E-state index is -3.50. The van der Waals surface area contributed by atoms with Crippen LogP contribution in [0.2, 0.25) is 0 Å². The van der Waals surface area contributed by atoms with Gasteiger partial charge in [0.1, 0.15) is 28.7 Å². The topological polar surface area (TPSA) is 107 Å². The zero-order valence-electron chi connectivity index (χ0n) is 18.0. The summed E-state index contributed by atoms with van der Waals surface area (Å²) >= 11 is 0. The van der Waals surface area contributed by atoms with E-state index in [1.165, 1.54) is 10.5 Å². The number of aromatic nitrogens is 3. The maximum Gasteiger partial charge on any atom is 0.244 e. The molecule has 4 rings (SSSR count). The molecule has 2 aliphatic rings. The van der Waals surface area contributed by atoms with E-state index in [1.54, 1.807) is 18.5 Å². The average Bonchev–Trinajstić information content (AvgIpc) is 3.27. The number of nitrogens with zero attached hydrogens (tertiary/aromatic N) is 6. The van der Waals surface area contributed by atoms with Crippen molar-refractivity contribution in [2.75, 3.05) is 68.9 Å². The zero-order chi connectivity index (χ0) is 21.8. The summed E-state index contributed by atoms with van der Waals surface area (Å²) in [5.74, 6) is 2.37. The van der Waals surface area contributed by atoms with Gasteiger partial charge in [-0.05, 0) is 32.0 Å². The van der Waals surface area contributed by atoms with Crippen LogP contribution in [0.25, 0.3) is 0 Å². The van der Waals surface area contributed by atoms with Gasteiger partial charge >= 0.3 is 0 Å². The van der Waals surface area contributed by atoms with E-state index in [2.05, 4.69) is 35.4 Å². The largest absolute Gasteiger partial charge is 0.373 e. The standard InChI is InChI=1S/C20H30N8O2S/c1-21-19-12-20(25-15-24-19)28-7-3-4-16(28)13-22-18-6-5-17(14-23-18)31(29,30)27-10-8-26(2)9-11-27/h5-6,12,14-16H,3-4,7-11,13H2,1-2H3,(H,22,23)(H,21,24,25). The third kappa shape index (κ3) is 4.89. The molecule has 0 radical (unpaired) electrons. The van der Waals surface area contributed by atoms with E-state index in [0.717, 1.165) is 44.1 Å². The van der Waals surface area contributed by atoms with Crippen molar-refractivity contribution in [3.8, 4) is 0 Å². The van der Waals surface area contributed by atoms with Crippen LogP contribution < -0.4 is 15.5 Å². The van der Waals surface area contributed by atoms with Crippen LogP contribution in [0, 0.1) is 0 Å². The number of anilines is 3. The van der Waals surface area contributed by atoms with Crippen molar-refractivity contribution in [3.05, 3.63) is 30.7 Å².